The standard InChI is InChI=1S/C60H47N/c1-59(2)51-26-16-14-25-49(51)57-53(59)39-54-58(56(57)45-22-12-7-13-23-45)50-38-47(36-37-52(50)60(54,3)4)61(46-34-32-43(33-35-46)41-20-10-6-11-21-41)55-27-17-15-24-48(55)44-30-28-42(29-31-44)40-18-8-5-9-19-40/h5-39H,1-4H3. The first-order valence-electron chi connectivity index (χ1n) is 21.5. The average Bonchev–Trinajstić information content (AvgIpc) is 3.68. The lowest BCUT2D eigenvalue weighted by atomic mass is 9.76. The van der Waals surface area contributed by atoms with Crippen molar-refractivity contribution in [1.82, 2.24) is 0 Å². The molecule has 0 bridgehead atoms. The number of hydrogen-bond donors (Lipinski definition) is 0. The van der Waals surface area contributed by atoms with Crippen LogP contribution in [-0.2, 0) is 10.8 Å². The molecule has 0 N–H and O–H groups in total. The molecule has 0 spiro atoms. The fraction of sp³-hybridized carbons (Fsp3) is 0.100. The molecule has 0 saturated carbocycles. The summed E-state index contributed by atoms with van der Waals surface area (Å²) in [4.78, 5) is 2.47. The van der Waals surface area contributed by atoms with Gasteiger partial charge >= 0.3 is 0 Å². The van der Waals surface area contributed by atoms with Gasteiger partial charge in [-0.15, -0.1) is 0 Å². The fourth-order valence-electron chi connectivity index (χ4n) is 10.3. The zero-order valence-electron chi connectivity index (χ0n) is 35.2. The minimum absolute atomic E-state index is 0.119. The highest BCUT2D eigenvalue weighted by Crippen LogP contribution is 2.61. The summed E-state index contributed by atoms with van der Waals surface area (Å²) in [5, 5.41) is 0. The van der Waals surface area contributed by atoms with E-state index in [1.54, 1.807) is 0 Å². The maximum absolute atomic E-state index is 2.56. The van der Waals surface area contributed by atoms with Crippen molar-refractivity contribution < 1.29 is 0 Å². The second kappa shape index (κ2) is 14.2. The predicted octanol–water partition coefficient (Wildman–Crippen LogP) is 16.4. The molecular formula is C60H47N. The van der Waals surface area contributed by atoms with Gasteiger partial charge in [-0.25, -0.2) is 0 Å². The van der Waals surface area contributed by atoms with Gasteiger partial charge in [0.15, 0.2) is 0 Å². The van der Waals surface area contributed by atoms with Crippen LogP contribution < -0.4 is 4.90 Å². The van der Waals surface area contributed by atoms with E-state index in [0.29, 0.717) is 0 Å². The molecule has 1 heteroatoms. The highest BCUT2D eigenvalue weighted by Gasteiger charge is 2.44. The number of rotatable bonds is 7. The van der Waals surface area contributed by atoms with E-state index in [1.165, 1.54) is 89.0 Å². The smallest absolute Gasteiger partial charge is 0.0540 e. The molecule has 0 saturated heterocycles. The van der Waals surface area contributed by atoms with Crippen molar-refractivity contribution in [3.05, 3.63) is 235 Å². The fourth-order valence-corrected chi connectivity index (χ4v) is 10.3. The molecule has 0 heterocycles. The van der Waals surface area contributed by atoms with Gasteiger partial charge in [-0.1, -0.05) is 210 Å². The summed E-state index contributed by atoms with van der Waals surface area (Å²) in [6.45, 7) is 9.64. The van der Waals surface area contributed by atoms with Gasteiger partial charge in [0, 0.05) is 27.8 Å². The molecule has 0 aliphatic heterocycles. The lowest BCUT2D eigenvalue weighted by Gasteiger charge is -2.29. The van der Waals surface area contributed by atoms with E-state index in [0.717, 1.165) is 17.1 Å². The number of hydrogen-bond acceptors (Lipinski definition) is 1. The number of nitrogens with zero attached hydrogens (tertiary/aromatic N) is 1. The summed E-state index contributed by atoms with van der Waals surface area (Å²) in [5.74, 6) is 0. The second-order valence-corrected chi connectivity index (χ2v) is 17.7. The van der Waals surface area contributed by atoms with E-state index >= 15 is 0 Å². The van der Waals surface area contributed by atoms with Crippen molar-refractivity contribution in [2.24, 2.45) is 0 Å². The third-order valence-electron chi connectivity index (χ3n) is 13.5. The van der Waals surface area contributed by atoms with Gasteiger partial charge in [-0.3, -0.25) is 0 Å². The first-order valence-corrected chi connectivity index (χ1v) is 21.5. The summed E-state index contributed by atoms with van der Waals surface area (Å²) in [7, 11) is 0. The van der Waals surface area contributed by atoms with Crippen LogP contribution in [0.4, 0.5) is 17.1 Å². The molecule has 9 aromatic rings. The molecule has 0 unspecified atom stereocenters. The van der Waals surface area contributed by atoms with Gasteiger partial charge in [0.2, 0.25) is 0 Å². The van der Waals surface area contributed by atoms with Crippen LogP contribution in [0.5, 0.6) is 0 Å². The van der Waals surface area contributed by atoms with Crippen LogP contribution in [0.2, 0.25) is 0 Å². The monoisotopic (exact) mass is 781 g/mol. The molecule has 61 heavy (non-hydrogen) atoms. The Morgan fingerprint density at radius 1 is 0.279 bits per heavy atom. The van der Waals surface area contributed by atoms with E-state index in [1.807, 2.05) is 0 Å². The lowest BCUT2D eigenvalue weighted by molar-refractivity contribution is 0.639. The highest BCUT2D eigenvalue weighted by atomic mass is 15.1. The average molecular weight is 782 g/mol. The Hall–Kier alpha value is -7.22. The SMILES string of the molecule is CC1(C)c2ccccc2-c2c1cc1c(c2-c2ccccc2)-c2cc(N(c3ccc(-c4ccccc4)cc3)c3ccccc3-c3ccc(-c4ccccc4)cc3)ccc2C1(C)C. The van der Waals surface area contributed by atoms with Crippen molar-refractivity contribution in [1.29, 1.82) is 0 Å². The molecule has 2 aliphatic carbocycles. The van der Waals surface area contributed by atoms with Crippen molar-refractivity contribution in [3.8, 4) is 66.8 Å². The van der Waals surface area contributed by atoms with E-state index in [2.05, 4.69) is 245 Å². The van der Waals surface area contributed by atoms with Crippen LogP contribution in [-0.4, -0.2) is 0 Å². The third kappa shape index (κ3) is 5.91. The van der Waals surface area contributed by atoms with Gasteiger partial charge < -0.3 is 4.90 Å². The Labute approximate surface area is 360 Å². The maximum Gasteiger partial charge on any atom is 0.0540 e. The molecule has 11 rings (SSSR count). The van der Waals surface area contributed by atoms with Crippen LogP contribution in [0, 0.1) is 0 Å². The summed E-state index contributed by atoms with van der Waals surface area (Å²) in [6, 6.07) is 78.3. The van der Waals surface area contributed by atoms with Crippen LogP contribution in [0.1, 0.15) is 49.9 Å². The maximum atomic E-state index is 2.56. The molecule has 0 aromatic heterocycles. The number of para-hydroxylation sites is 1. The summed E-state index contributed by atoms with van der Waals surface area (Å²) >= 11 is 0. The minimum atomic E-state index is -0.201. The zero-order valence-corrected chi connectivity index (χ0v) is 35.2. The summed E-state index contributed by atoms with van der Waals surface area (Å²) in [5.41, 5.74) is 23.8. The van der Waals surface area contributed by atoms with Crippen LogP contribution in [0.3, 0.4) is 0 Å². The summed E-state index contributed by atoms with van der Waals surface area (Å²) in [6.07, 6.45) is 0. The predicted molar refractivity (Wildman–Crippen MR) is 258 cm³/mol. The Morgan fingerprint density at radius 2 is 0.705 bits per heavy atom. The molecule has 0 atom stereocenters. The van der Waals surface area contributed by atoms with E-state index in [9.17, 15) is 0 Å². The normalized spacial score (nSPS) is 13.8. The van der Waals surface area contributed by atoms with Gasteiger partial charge in [0.1, 0.15) is 0 Å². The molecule has 2 aliphatic rings. The lowest BCUT2D eigenvalue weighted by Crippen LogP contribution is -2.19. The van der Waals surface area contributed by atoms with Gasteiger partial charge in [0.05, 0.1) is 5.69 Å². The van der Waals surface area contributed by atoms with Crippen molar-refractivity contribution >= 4 is 17.1 Å². The molecule has 1 nitrogen and oxygen atoms in total. The quantitative estimate of drug-likeness (QED) is 0.156. The second-order valence-electron chi connectivity index (χ2n) is 17.7. The zero-order chi connectivity index (χ0) is 41.3. The Bertz CT molecular complexity index is 3080. The Morgan fingerprint density at radius 3 is 1.31 bits per heavy atom. The van der Waals surface area contributed by atoms with E-state index in [4.69, 9.17) is 0 Å². The Balaban J connectivity index is 1.14. The first kappa shape index (κ1) is 36.8. The van der Waals surface area contributed by atoms with Crippen LogP contribution in [0.15, 0.2) is 212 Å². The Kier molecular flexibility index (Phi) is 8.58. The topological polar surface area (TPSA) is 3.24 Å². The van der Waals surface area contributed by atoms with E-state index < -0.39 is 0 Å². The molecular weight excluding hydrogens is 735 g/mol. The van der Waals surface area contributed by atoms with Crippen molar-refractivity contribution in [3.63, 3.8) is 0 Å². The van der Waals surface area contributed by atoms with E-state index in [-0.39, 0.29) is 10.8 Å². The number of fused-ring (bicyclic) bond motifs is 6. The van der Waals surface area contributed by atoms with Crippen LogP contribution in [0.25, 0.3) is 66.8 Å². The minimum Gasteiger partial charge on any atom is -0.310 e. The van der Waals surface area contributed by atoms with Gasteiger partial charge in [-0.05, 0) is 114 Å². The molecule has 9 aromatic carbocycles. The molecule has 0 amide bonds. The molecule has 292 valence electrons. The number of anilines is 3. The molecule has 0 fully saturated rings. The summed E-state index contributed by atoms with van der Waals surface area (Å²) < 4.78 is 0. The third-order valence-corrected chi connectivity index (χ3v) is 13.5. The van der Waals surface area contributed by atoms with Gasteiger partial charge in [0.25, 0.3) is 0 Å². The van der Waals surface area contributed by atoms with Gasteiger partial charge in [-0.2, -0.15) is 0 Å². The largest absolute Gasteiger partial charge is 0.310 e. The van der Waals surface area contributed by atoms with Crippen LogP contribution >= 0.6 is 0 Å². The first-order chi connectivity index (χ1) is 29.8. The number of benzene rings is 9. The van der Waals surface area contributed by atoms with Crippen molar-refractivity contribution in [2.75, 3.05) is 4.90 Å². The van der Waals surface area contributed by atoms with Crippen molar-refractivity contribution in [2.45, 2.75) is 38.5 Å². The highest BCUT2D eigenvalue weighted by molar-refractivity contribution is 6.05. The molecule has 0 radical (unpaired) electrons.